The summed E-state index contributed by atoms with van der Waals surface area (Å²) < 4.78 is 29.1. The highest BCUT2D eigenvalue weighted by Gasteiger charge is 2.35. The molecule has 2 aromatic rings. The number of nitrogens with zero attached hydrogens (tertiary/aromatic N) is 1. The molecule has 1 aliphatic rings. The summed E-state index contributed by atoms with van der Waals surface area (Å²) in [5.74, 6) is 0.657. The van der Waals surface area contributed by atoms with Crippen molar-refractivity contribution in [2.75, 3.05) is 11.5 Å². The average molecular weight is 347 g/mol. The van der Waals surface area contributed by atoms with E-state index in [0.717, 1.165) is 11.1 Å². The second-order valence-electron chi connectivity index (χ2n) is 6.39. The Bertz CT molecular complexity index is 840. The maximum Gasteiger partial charge on any atom is 0.254 e. The van der Waals surface area contributed by atoms with Crippen LogP contribution in [0.1, 0.15) is 33.7 Å². The maximum atomic E-state index is 13.1. The number of sulfone groups is 1. The predicted molar refractivity (Wildman–Crippen MR) is 91.6 cm³/mol. The Morgan fingerprint density at radius 2 is 2.08 bits per heavy atom. The summed E-state index contributed by atoms with van der Waals surface area (Å²) in [6.07, 6.45) is 2.03. The number of hydrogen-bond acceptors (Lipinski definition) is 4. The van der Waals surface area contributed by atoms with Crippen molar-refractivity contribution >= 4 is 15.7 Å². The number of furan rings is 1. The third-order valence-corrected chi connectivity index (χ3v) is 6.19. The molecule has 1 fully saturated rings. The van der Waals surface area contributed by atoms with Crippen LogP contribution in [0.25, 0.3) is 0 Å². The van der Waals surface area contributed by atoms with Crippen LogP contribution in [0.15, 0.2) is 41.0 Å². The Kier molecular flexibility index (Phi) is 4.49. The Hall–Kier alpha value is -2.08. The molecule has 0 bridgehead atoms. The minimum atomic E-state index is -3.08. The van der Waals surface area contributed by atoms with Crippen LogP contribution >= 0.6 is 0 Å². The van der Waals surface area contributed by atoms with Crippen molar-refractivity contribution in [3.05, 3.63) is 59.0 Å². The van der Waals surface area contributed by atoms with Crippen molar-refractivity contribution in [2.24, 2.45) is 0 Å². The van der Waals surface area contributed by atoms with Crippen LogP contribution < -0.4 is 0 Å². The number of carbonyl (C=O) groups is 1. The summed E-state index contributed by atoms with van der Waals surface area (Å²) in [5, 5.41) is 0. The highest BCUT2D eigenvalue weighted by Crippen LogP contribution is 2.24. The number of hydrogen-bond donors (Lipinski definition) is 0. The summed E-state index contributed by atoms with van der Waals surface area (Å²) in [7, 11) is -3.08. The molecule has 1 aromatic heterocycles. The molecule has 1 aliphatic heterocycles. The van der Waals surface area contributed by atoms with Gasteiger partial charge in [0.2, 0.25) is 0 Å². The molecule has 0 saturated carbocycles. The molecule has 1 atom stereocenters. The van der Waals surface area contributed by atoms with Gasteiger partial charge in [-0.25, -0.2) is 8.42 Å². The Morgan fingerprint density at radius 1 is 1.29 bits per heavy atom. The lowest BCUT2D eigenvalue weighted by molar-refractivity contribution is 0.0665. The van der Waals surface area contributed by atoms with Gasteiger partial charge in [0.15, 0.2) is 9.84 Å². The fourth-order valence-corrected chi connectivity index (χ4v) is 4.81. The molecule has 0 radical (unpaired) electrons. The number of rotatable bonds is 4. The topological polar surface area (TPSA) is 67.6 Å². The molecule has 5 nitrogen and oxygen atoms in total. The summed E-state index contributed by atoms with van der Waals surface area (Å²) in [6.45, 7) is 4.11. The van der Waals surface area contributed by atoms with E-state index in [1.807, 2.05) is 32.0 Å². The van der Waals surface area contributed by atoms with E-state index in [9.17, 15) is 13.2 Å². The van der Waals surface area contributed by atoms with Gasteiger partial charge in [-0.15, -0.1) is 0 Å². The zero-order valence-electron chi connectivity index (χ0n) is 13.9. The molecular weight excluding hydrogens is 326 g/mol. The van der Waals surface area contributed by atoms with Crippen LogP contribution in [-0.2, 0) is 16.4 Å². The van der Waals surface area contributed by atoms with Crippen molar-refractivity contribution in [1.29, 1.82) is 0 Å². The summed E-state index contributed by atoms with van der Waals surface area (Å²) in [4.78, 5) is 14.8. The average Bonchev–Trinajstić information content (AvgIpc) is 3.16. The van der Waals surface area contributed by atoms with E-state index in [0.29, 0.717) is 17.7 Å². The van der Waals surface area contributed by atoms with Crippen molar-refractivity contribution in [3.8, 4) is 0 Å². The molecule has 0 aliphatic carbocycles. The van der Waals surface area contributed by atoms with Gasteiger partial charge in [0, 0.05) is 11.6 Å². The van der Waals surface area contributed by atoms with Gasteiger partial charge < -0.3 is 9.32 Å². The number of benzene rings is 1. The third kappa shape index (κ3) is 3.53. The minimum absolute atomic E-state index is 0.0182. The van der Waals surface area contributed by atoms with E-state index < -0.39 is 9.84 Å². The molecule has 6 heteroatoms. The van der Waals surface area contributed by atoms with Gasteiger partial charge in [-0.05, 0) is 44.0 Å². The quantitative estimate of drug-likeness (QED) is 0.853. The summed E-state index contributed by atoms with van der Waals surface area (Å²) >= 11 is 0. The number of amides is 1. The van der Waals surface area contributed by atoms with E-state index in [2.05, 4.69) is 0 Å². The molecule has 0 N–H and O–H groups in total. The molecule has 2 heterocycles. The Balaban J connectivity index is 1.94. The lowest BCUT2D eigenvalue weighted by Gasteiger charge is -2.28. The monoisotopic (exact) mass is 347 g/mol. The lowest BCUT2D eigenvalue weighted by atomic mass is 10.0. The largest absolute Gasteiger partial charge is 0.467 e. The van der Waals surface area contributed by atoms with Crippen LogP contribution in [0.3, 0.4) is 0 Å². The van der Waals surface area contributed by atoms with Crippen molar-refractivity contribution < 1.29 is 17.6 Å². The van der Waals surface area contributed by atoms with Crippen LogP contribution in [0.4, 0.5) is 0 Å². The highest BCUT2D eigenvalue weighted by molar-refractivity contribution is 7.91. The molecule has 3 rings (SSSR count). The van der Waals surface area contributed by atoms with Crippen molar-refractivity contribution in [3.63, 3.8) is 0 Å². The Labute approximate surface area is 142 Å². The van der Waals surface area contributed by atoms with E-state index in [4.69, 9.17) is 4.42 Å². The maximum absolute atomic E-state index is 13.1. The first kappa shape index (κ1) is 16.8. The first-order valence-corrected chi connectivity index (χ1v) is 9.79. The standard InChI is InChI=1S/C18H21NO4S/c1-13-5-6-14(2)17(10-13)18(20)19(11-16-4-3-8-23-16)15-7-9-24(21,22)12-15/h3-6,8,10,15H,7,9,11-12H2,1-2H3/t15-/m0/s1. The SMILES string of the molecule is Cc1ccc(C)c(C(=O)N(Cc2ccco2)[C@H]2CCS(=O)(=O)C2)c1. The van der Waals surface area contributed by atoms with Gasteiger partial charge in [-0.3, -0.25) is 4.79 Å². The molecule has 24 heavy (non-hydrogen) atoms. The van der Waals surface area contributed by atoms with E-state index >= 15 is 0 Å². The van der Waals surface area contributed by atoms with Crippen LogP contribution in [0.5, 0.6) is 0 Å². The second kappa shape index (κ2) is 6.43. The second-order valence-corrected chi connectivity index (χ2v) is 8.62. The van der Waals surface area contributed by atoms with Crippen molar-refractivity contribution in [1.82, 2.24) is 4.90 Å². The van der Waals surface area contributed by atoms with Crippen LogP contribution in [0.2, 0.25) is 0 Å². The summed E-state index contributed by atoms with van der Waals surface area (Å²) in [6, 6.07) is 8.99. The molecule has 1 aromatic carbocycles. The van der Waals surface area contributed by atoms with E-state index in [-0.39, 0.29) is 30.0 Å². The first-order chi connectivity index (χ1) is 11.4. The Morgan fingerprint density at radius 3 is 2.71 bits per heavy atom. The minimum Gasteiger partial charge on any atom is -0.467 e. The molecular formula is C18H21NO4S. The number of carbonyl (C=O) groups excluding carboxylic acids is 1. The molecule has 128 valence electrons. The molecule has 0 unspecified atom stereocenters. The lowest BCUT2D eigenvalue weighted by Crippen LogP contribution is -2.40. The predicted octanol–water partition coefficient (Wildman–Crippen LogP) is 2.73. The zero-order chi connectivity index (χ0) is 17.3. The van der Waals surface area contributed by atoms with Gasteiger partial charge >= 0.3 is 0 Å². The highest BCUT2D eigenvalue weighted by atomic mass is 32.2. The van der Waals surface area contributed by atoms with E-state index in [1.165, 1.54) is 0 Å². The smallest absolute Gasteiger partial charge is 0.254 e. The molecule has 1 saturated heterocycles. The number of aryl methyl sites for hydroxylation is 2. The molecule has 0 spiro atoms. The zero-order valence-corrected chi connectivity index (χ0v) is 14.7. The van der Waals surface area contributed by atoms with Gasteiger partial charge in [-0.2, -0.15) is 0 Å². The fraction of sp³-hybridized carbons (Fsp3) is 0.389. The third-order valence-electron chi connectivity index (χ3n) is 4.44. The fourth-order valence-electron chi connectivity index (χ4n) is 3.08. The van der Waals surface area contributed by atoms with Gasteiger partial charge in [0.05, 0.1) is 24.3 Å². The van der Waals surface area contributed by atoms with E-state index in [1.54, 1.807) is 23.3 Å². The summed E-state index contributed by atoms with van der Waals surface area (Å²) in [5.41, 5.74) is 2.50. The molecule has 1 amide bonds. The van der Waals surface area contributed by atoms with Crippen LogP contribution in [0, 0.1) is 13.8 Å². The van der Waals surface area contributed by atoms with Crippen molar-refractivity contribution in [2.45, 2.75) is 32.9 Å². The first-order valence-electron chi connectivity index (χ1n) is 7.97. The van der Waals surface area contributed by atoms with Gasteiger partial charge in [0.25, 0.3) is 5.91 Å². The van der Waals surface area contributed by atoms with Gasteiger partial charge in [0.1, 0.15) is 5.76 Å². The van der Waals surface area contributed by atoms with Gasteiger partial charge in [-0.1, -0.05) is 17.7 Å². The normalized spacial score (nSPS) is 19.3. The van der Waals surface area contributed by atoms with Crippen LogP contribution in [-0.4, -0.2) is 36.8 Å².